The number of ether oxygens (including phenoxy) is 2. The van der Waals surface area contributed by atoms with E-state index in [-0.39, 0.29) is 36.9 Å². The van der Waals surface area contributed by atoms with E-state index in [4.69, 9.17) is 19.7 Å². The van der Waals surface area contributed by atoms with Crippen LogP contribution < -0.4 is 13.8 Å². The maximum absolute atomic E-state index is 14.0. The van der Waals surface area contributed by atoms with E-state index in [0.29, 0.717) is 43.5 Å². The van der Waals surface area contributed by atoms with Crippen LogP contribution in [0.2, 0.25) is 0 Å². The molecule has 1 aromatic heterocycles. The molecule has 14 heteroatoms. The van der Waals surface area contributed by atoms with Gasteiger partial charge in [-0.3, -0.25) is 9.10 Å². The largest absolute Gasteiger partial charge is 0.486 e. The number of halogens is 3. The van der Waals surface area contributed by atoms with Crippen LogP contribution in [0.5, 0.6) is 11.6 Å². The molecule has 1 aliphatic heterocycles. The number of benzene rings is 1. The van der Waals surface area contributed by atoms with Crippen molar-refractivity contribution < 1.29 is 51.2 Å². The highest BCUT2D eigenvalue weighted by Gasteiger charge is 2.39. The van der Waals surface area contributed by atoms with Gasteiger partial charge in [0, 0.05) is 12.6 Å². The first-order valence-electron chi connectivity index (χ1n) is 12.6. The summed E-state index contributed by atoms with van der Waals surface area (Å²) in [5.74, 6) is -1.62. The van der Waals surface area contributed by atoms with Gasteiger partial charge in [-0.1, -0.05) is 17.7 Å². The van der Waals surface area contributed by atoms with Crippen LogP contribution in [-0.4, -0.2) is 66.7 Å². The van der Waals surface area contributed by atoms with Crippen molar-refractivity contribution in [1.82, 2.24) is 4.98 Å². The number of aromatic nitrogens is 1. The third-order valence-corrected chi connectivity index (χ3v) is 8.38. The number of allylic oxidation sites excluding steroid dienone is 1. The Morgan fingerprint density at radius 2 is 1.95 bits per heavy atom. The second kappa shape index (κ2) is 12.0. The van der Waals surface area contributed by atoms with Gasteiger partial charge in [0.1, 0.15) is 18.5 Å². The SMILES string of the molecule is O=C(O)CC[C@H]1CN(S(=O)(=O)c2cc(C(F)(F)F)cnc2OCCO)c2cc(C=C3CCC(O)CC3)ccc2O1. The fraction of sp³-hybridized carbons (Fsp3) is 0.462. The lowest BCUT2D eigenvalue weighted by Gasteiger charge is -2.36. The fourth-order valence-corrected chi connectivity index (χ4v) is 6.19. The number of carbonyl (C=O) groups is 1. The highest BCUT2D eigenvalue weighted by atomic mass is 32.2. The number of aliphatic carboxylic acids is 1. The van der Waals surface area contributed by atoms with Gasteiger partial charge in [0.05, 0.1) is 30.5 Å². The molecule has 2 aliphatic rings. The first-order chi connectivity index (χ1) is 18.9. The summed E-state index contributed by atoms with van der Waals surface area (Å²) in [6, 6.07) is 5.19. The van der Waals surface area contributed by atoms with Crippen molar-refractivity contribution in [1.29, 1.82) is 0 Å². The molecule has 40 heavy (non-hydrogen) atoms. The molecule has 0 spiro atoms. The molecule has 4 rings (SSSR count). The first kappa shape index (κ1) is 29.6. The molecule has 218 valence electrons. The monoisotopic (exact) mass is 586 g/mol. The van der Waals surface area contributed by atoms with E-state index in [9.17, 15) is 31.5 Å². The van der Waals surface area contributed by atoms with Gasteiger partial charge in [-0.2, -0.15) is 13.2 Å². The molecule has 0 unspecified atom stereocenters. The van der Waals surface area contributed by atoms with Crippen molar-refractivity contribution >= 4 is 27.8 Å². The molecule has 1 saturated carbocycles. The molecule has 1 aliphatic carbocycles. The van der Waals surface area contributed by atoms with Gasteiger partial charge in [0.2, 0.25) is 5.88 Å². The minimum absolute atomic E-state index is 0.0520. The minimum Gasteiger partial charge on any atom is -0.486 e. The number of pyridine rings is 1. The molecule has 10 nitrogen and oxygen atoms in total. The van der Waals surface area contributed by atoms with Crippen LogP contribution >= 0.6 is 0 Å². The molecule has 0 saturated heterocycles. The standard InChI is InChI=1S/C26H29F3N2O8S/c27-26(28,29)18-13-23(25(30-14-18)38-10-9-32)40(36,37)31-15-20(6-8-24(34)35)39-22-7-3-17(12-21(22)31)11-16-1-4-19(33)5-2-16/h3,7,11-14,19-20,32-33H,1-2,4-6,8-10,15H2,(H,34,35)/t19?,20-/m0/s1. The summed E-state index contributed by atoms with van der Waals surface area (Å²) in [7, 11) is -4.76. The Hall–Kier alpha value is -3.36. The maximum atomic E-state index is 14.0. The van der Waals surface area contributed by atoms with Gasteiger partial charge in [-0.15, -0.1) is 0 Å². The number of rotatable bonds is 9. The lowest BCUT2D eigenvalue weighted by Crippen LogP contribution is -2.44. The van der Waals surface area contributed by atoms with Gasteiger partial charge in [-0.05, 0) is 55.9 Å². The van der Waals surface area contributed by atoms with Gasteiger partial charge in [-0.25, -0.2) is 13.4 Å². The zero-order chi connectivity index (χ0) is 29.1. The average molecular weight is 587 g/mol. The van der Waals surface area contributed by atoms with Crippen molar-refractivity contribution in [3.05, 3.63) is 47.2 Å². The van der Waals surface area contributed by atoms with E-state index < -0.39 is 57.8 Å². The number of alkyl halides is 3. The number of anilines is 1. The lowest BCUT2D eigenvalue weighted by atomic mass is 9.91. The molecule has 3 N–H and O–H groups in total. The van der Waals surface area contributed by atoms with E-state index in [1.165, 1.54) is 12.1 Å². The number of sulfonamides is 1. The van der Waals surface area contributed by atoms with Crippen LogP contribution in [-0.2, 0) is 21.0 Å². The van der Waals surface area contributed by atoms with Crippen molar-refractivity contribution in [2.45, 2.75) is 61.8 Å². The summed E-state index contributed by atoms with van der Waals surface area (Å²) in [6.07, 6.45) is -1.70. The zero-order valence-corrected chi connectivity index (χ0v) is 22.1. The lowest BCUT2D eigenvalue weighted by molar-refractivity contribution is -0.138. The number of carboxylic acids is 1. The predicted octanol–water partition coefficient (Wildman–Crippen LogP) is 3.61. The van der Waals surface area contributed by atoms with Crippen LogP contribution in [0.25, 0.3) is 6.08 Å². The highest BCUT2D eigenvalue weighted by molar-refractivity contribution is 7.93. The van der Waals surface area contributed by atoms with Crippen molar-refractivity contribution in [2.24, 2.45) is 0 Å². The Morgan fingerprint density at radius 3 is 2.60 bits per heavy atom. The smallest absolute Gasteiger partial charge is 0.417 e. The van der Waals surface area contributed by atoms with Crippen molar-refractivity contribution in [3.63, 3.8) is 0 Å². The summed E-state index contributed by atoms with van der Waals surface area (Å²) >= 11 is 0. The number of aliphatic hydroxyl groups excluding tert-OH is 2. The van der Waals surface area contributed by atoms with Crippen LogP contribution in [0.4, 0.5) is 18.9 Å². The van der Waals surface area contributed by atoms with Gasteiger partial charge < -0.3 is 24.8 Å². The van der Waals surface area contributed by atoms with Crippen molar-refractivity contribution in [3.8, 4) is 11.6 Å². The summed E-state index contributed by atoms with van der Waals surface area (Å²) < 4.78 is 80.5. The Labute approximate surface area is 228 Å². The molecule has 0 bridgehead atoms. The predicted molar refractivity (Wildman–Crippen MR) is 137 cm³/mol. The topological polar surface area (TPSA) is 146 Å². The number of hydrogen-bond donors (Lipinski definition) is 3. The summed E-state index contributed by atoms with van der Waals surface area (Å²) in [5, 5.41) is 28.0. The van der Waals surface area contributed by atoms with Crippen LogP contribution in [0.1, 0.15) is 49.7 Å². The summed E-state index contributed by atoms with van der Waals surface area (Å²) in [4.78, 5) is 13.9. The Balaban J connectivity index is 1.80. The Kier molecular flexibility index (Phi) is 8.90. The summed E-state index contributed by atoms with van der Waals surface area (Å²) in [6.45, 7) is -1.31. The third-order valence-electron chi connectivity index (χ3n) is 6.61. The molecule has 0 radical (unpaired) electrons. The van der Waals surface area contributed by atoms with Crippen molar-refractivity contribution in [2.75, 3.05) is 24.1 Å². The van der Waals surface area contributed by atoms with Crippen LogP contribution in [0.15, 0.2) is 40.9 Å². The minimum atomic E-state index is -4.90. The Morgan fingerprint density at radius 1 is 1.23 bits per heavy atom. The van der Waals surface area contributed by atoms with E-state index in [1.807, 2.05) is 6.08 Å². The van der Waals surface area contributed by atoms with E-state index in [0.717, 1.165) is 9.88 Å². The molecule has 0 amide bonds. The van der Waals surface area contributed by atoms with Gasteiger partial charge in [0.25, 0.3) is 10.0 Å². The van der Waals surface area contributed by atoms with E-state index in [1.54, 1.807) is 6.07 Å². The first-order valence-corrected chi connectivity index (χ1v) is 14.1. The van der Waals surface area contributed by atoms with Crippen LogP contribution in [0, 0.1) is 0 Å². The molecule has 2 heterocycles. The molecule has 1 fully saturated rings. The Bertz CT molecular complexity index is 1370. The third kappa shape index (κ3) is 6.85. The number of carboxylic acid groups (broad SMARTS) is 1. The normalized spacial score (nSPS) is 19.5. The quantitative estimate of drug-likeness (QED) is 0.401. The number of hydrogen-bond acceptors (Lipinski definition) is 8. The maximum Gasteiger partial charge on any atom is 0.417 e. The second-order valence-electron chi connectivity index (χ2n) is 9.57. The van der Waals surface area contributed by atoms with Gasteiger partial charge in [0.15, 0.2) is 4.90 Å². The molecule has 1 atom stereocenters. The number of fused-ring (bicyclic) bond motifs is 1. The van der Waals surface area contributed by atoms with Crippen LogP contribution in [0.3, 0.4) is 0 Å². The molecule has 1 aromatic carbocycles. The summed E-state index contributed by atoms with van der Waals surface area (Å²) in [5.41, 5.74) is 0.424. The average Bonchev–Trinajstić information content (AvgIpc) is 2.91. The molecular formula is C26H29F3N2O8S. The van der Waals surface area contributed by atoms with E-state index in [2.05, 4.69) is 4.98 Å². The fourth-order valence-electron chi connectivity index (χ4n) is 4.58. The van der Waals surface area contributed by atoms with Gasteiger partial charge >= 0.3 is 12.1 Å². The molecule has 2 aromatic rings. The number of aliphatic hydroxyl groups is 2. The highest BCUT2D eigenvalue weighted by Crippen LogP contribution is 2.41. The van der Waals surface area contributed by atoms with E-state index >= 15 is 0 Å². The zero-order valence-electron chi connectivity index (χ0n) is 21.3. The molecular weight excluding hydrogens is 557 g/mol. The second-order valence-corrected chi connectivity index (χ2v) is 11.4. The number of nitrogens with zero attached hydrogens (tertiary/aromatic N) is 2.